The van der Waals surface area contributed by atoms with E-state index in [4.69, 9.17) is 16.0 Å². The average Bonchev–Trinajstić information content (AvgIpc) is 2.69. The van der Waals surface area contributed by atoms with E-state index in [1.54, 1.807) is 6.26 Å². The Balaban J connectivity index is 2.48. The summed E-state index contributed by atoms with van der Waals surface area (Å²) in [5.74, 6) is 0.855. The maximum Gasteiger partial charge on any atom is 0.105 e. The van der Waals surface area contributed by atoms with Gasteiger partial charge in [0.25, 0.3) is 0 Å². The smallest absolute Gasteiger partial charge is 0.105 e. The Bertz CT molecular complexity index is 548. The first-order valence-electron chi connectivity index (χ1n) is 5.14. The fourth-order valence-corrected chi connectivity index (χ4v) is 3.27. The van der Waals surface area contributed by atoms with Gasteiger partial charge in [-0.05, 0) is 43.2 Å². The summed E-state index contributed by atoms with van der Waals surface area (Å²) in [6.07, 6.45) is 1.66. The van der Waals surface area contributed by atoms with Crippen molar-refractivity contribution in [3.63, 3.8) is 0 Å². The van der Waals surface area contributed by atoms with Gasteiger partial charge in [0, 0.05) is 14.5 Å². The van der Waals surface area contributed by atoms with Crippen molar-refractivity contribution < 1.29 is 4.42 Å². The van der Waals surface area contributed by atoms with Crippen molar-refractivity contribution in [3.05, 3.63) is 55.9 Å². The van der Waals surface area contributed by atoms with E-state index in [0.717, 1.165) is 25.8 Å². The third-order valence-corrected chi connectivity index (χ3v) is 4.73. The lowest BCUT2D eigenvalue weighted by atomic mass is 10.0. The minimum Gasteiger partial charge on any atom is -0.469 e. The van der Waals surface area contributed by atoms with Crippen molar-refractivity contribution in [2.75, 3.05) is 0 Å². The number of aryl methyl sites for hydroxylation is 2. The van der Waals surface area contributed by atoms with Gasteiger partial charge in [-0.1, -0.05) is 31.9 Å². The third kappa shape index (κ3) is 2.61. The van der Waals surface area contributed by atoms with Crippen LogP contribution in [-0.4, -0.2) is 0 Å². The predicted molar refractivity (Wildman–Crippen MR) is 77.7 cm³/mol. The summed E-state index contributed by atoms with van der Waals surface area (Å²) in [5, 5.41) is -0.208. The predicted octanol–water partition coefficient (Wildman–Crippen LogP) is 5.75. The summed E-state index contributed by atoms with van der Waals surface area (Å²) in [6, 6.07) is 6.01. The van der Waals surface area contributed by atoms with Crippen LogP contribution in [0.3, 0.4) is 0 Å². The normalized spacial score (nSPS) is 12.8. The molecule has 1 atom stereocenters. The zero-order chi connectivity index (χ0) is 12.6. The van der Waals surface area contributed by atoms with Crippen molar-refractivity contribution >= 4 is 43.5 Å². The van der Waals surface area contributed by atoms with Crippen LogP contribution in [0.25, 0.3) is 0 Å². The molecule has 0 saturated carbocycles. The topological polar surface area (TPSA) is 13.1 Å². The van der Waals surface area contributed by atoms with E-state index in [1.807, 2.05) is 26.0 Å². The van der Waals surface area contributed by atoms with Crippen LogP contribution in [0.15, 0.2) is 37.8 Å². The average molecular weight is 378 g/mol. The molecule has 1 nitrogen and oxygen atoms in total. The standard InChI is InChI=1S/C13H11Br2ClO/c1-7-5-12(15)10(6-11(7)14)13(16)9-3-4-17-8(9)2/h3-6,13H,1-2H3. The van der Waals surface area contributed by atoms with Crippen LogP contribution in [0.2, 0.25) is 0 Å². The second-order valence-electron chi connectivity index (χ2n) is 3.92. The molecule has 2 aromatic rings. The second-order valence-corrected chi connectivity index (χ2v) is 6.06. The van der Waals surface area contributed by atoms with Crippen molar-refractivity contribution in [1.29, 1.82) is 0 Å². The van der Waals surface area contributed by atoms with E-state index in [1.165, 1.54) is 5.56 Å². The maximum absolute atomic E-state index is 6.50. The molecule has 0 saturated heterocycles. The second kappa shape index (κ2) is 5.17. The van der Waals surface area contributed by atoms with Crippen LogP contribution in [0.5, 0.6) is 0 Å². The monoisotopic (exact) mass is 376 g/mol. The fraction of sp³-hybridized carbons (Fsp3) is 0.231. The third-order valence-electron chi connectivity index (χ3n) is 2.72. The van der Waals surface area contributed by atoms with Gasteiger partial charge >= 0.3 is 0 Å². The molecule has 90 valence electrons. The zero-order valence-corrected chi connectivity index (χ0v) is 13.4. The number of hydrogen-bond acceptors (Lipinski definition) is 1. The van der Waals surface area contributed by atoms with Gasteiger partial charge in [0.15, 0.2) is 0 Å². The molecule has 17 heavy (non-hydrogen) atoms. The highest BCUT2D eigenvalue weighted by molar-refractivity contribution is 9.11. The van der Waals surface area contributed by atoms with Gasteiger partial charge in [0.2, 0.25) is 0 Å². The van der Waals surface area contributed by atoms with Crippen molar-refractivity contribution in [3.8, 4) is 0 Å². The Hall–Kier alpha value is -0.250. The van der Waals surface area contributed by atoms with Crippen LogP contribution in [0, 0.1) is 13.8 Å². The van der Waals surface area contributed by atoms with Crippen molar-refractivity contribution in [2.24, 2.45) is 0 Å². The van der Waals surface area contributed by atoms with Gasteiger partial charge in [-0.3, -0.25) is 0 Å². The quantitative estimate of drug-likeness (QED) is 0.607. The Kier molecular flexibility index (Phi) is 4.01. The molecule has 0 fully saturated rings. The Morgan fingerprint density at radius 2 is 1.82 bits per heavy atom. The number of alkyl halides is 1. The summed E-state index contributed by atoms with van der Waals surface area (Å²) in [5.41, 5.74) is 3.21. The number of benzene rings is 1. The minimum atomic E-state index is -0.208. The lowest BCUT2D eigenvalue weighted by Gasteiger charge is -2.13. The largest absolute Gasteiger partial charge is 0.469 e. The first-order valence-corrected chi connectivity index (χ1v) is 7.16. The number of halogens is 3. The molecule has 0 aliphatic heterocycles. The summed E-state index contributed by atoms with van der Waals surface area (Å²) >= 11 is 13.6. The summed E-state index contributed by atoms with van der Waals surface area (Å²) < 4.78 is 7.36. The van der Waals surface area contributed by atoms with Gasteiger partial charge in [0.1, 0.15) is 5.76 Å². The van der Waals surface area contributed by atoms with E-state index in [0.29, 0.717) is 0 Å². The highest BCUT2D eigenvalue weighted by Gasteiger charge is 2.18. The molecule has 0 amide bonds. The highest BCUT2D eigenvalue weighted by atomic mass is 79.9. The lowest BCUT2D eigenvalue weighted by Crippen LogP contribution is -1.96. The molecule has 1 unspecified atom stereocenters. The summed E-state index contributed by atoms with van der Waals surface area (Å²) in [7, 11) is 0. The molecular weight excluding hydrogens is 367 g/mol. The van der Waals surface area contributed by atoms with Crippen LogP contribution < -0.4 is 0 Å². The van der Waals surface area contributed by atoms with Crippen LogP contribution >= 0.6 is 43.5 Å². The first kappa shape index (κ1) is 13.2. The number of rotatable bonds is 2. The van der Waals surface area contributed by atoms with Gasteiger partial charge in [-0.15, -0.1) is 11.6 Å². The van der Waals surface area contributed by atoms with Crippen LogP contribution in [0.4, 0.5) is 0 Å². The van der Waals surface area contributed by atoms with Gasteiger partial charge in [-0.25, -0.2) is 0 Å². The maximum atomic E-state index is 6.50. The Labute approximate surface area is 122 Å². The minimum absolute atomic E-state index is 0.208. The van der Waals surface area contributed by atoms with E-state index < -0.39 is 0 Å². The van der Waals surface area contributed by atoms with Gasteiger partial charge < -0.3 is 4.42 Å². The first-order chi connectivity index (χ1) is 8.00. The lowest BCUT2D eigenvalue weighted by molar-refractivity contribution is 0.530. The number of hydrogen-bond donors (Lipinski definition) is 0. The molecule has 1 aromatic heterocycles. The molecule has 0 radical (unpaired) electrons. The molecule has 0 bridgehead atoms. The molecule has 1 heterocycles. The Morgan fingerprint density at radius 3 is 2.41 bits per heavy atom. The molecule has 0 aliphatic carbocycles. The molecule has 2 rings (SSSR count). The fourth-order valence-electron chi connectivity index (χ4n) is 1.68. The van der Waals surface area contributed by atoms with Crippen LogP contribution in [0.1, 0.15) is 27.8 Å². The van der Waals surface area contributed by atoms with Crippen molar-refractivity contribution in [2.45, 2.75) is 19.2 Å². The van der Waals surface area contributed by atoms with E-state index in [-0.39, 0.29) is 5.38 Å². The summed E-state index contributed by atoms with van der Waals surface area (Å²) in [6.45, 7) is 3.97. The van der Waals surface area contributed by atoms with E-state index in [9.17, 15) is 0 Å². The molecular formula is C13H11Br2ClO. The van der Waals surface area contributed by atoms with Crippen LogP contribution in [-0.2, 0) is 0 Å². The molecule has 0 N–H and O–H groups in total. The van der Waals surface area contributed by atoms with E-state index >= 15 is 0 Å². The summed E-state index contributed by atoms with van der Waals surface area (Å²) in [4.78, 5) is 0. The number of furan rings is 1. The Morgan fingerprint density at radius 1 is 1.12 bits per heavy atom. The SMILES string of the molecule is Cc1cc(Br)c(C(Cl)c2ccoc2C)cc1Br. The molecule has 0 aliphatic rings. The molecule has 0 spiro atoms. The van der Waals surface area contributed by atoms with Gasteiger partial charge in [-0.2, -0.15) is 0 Å². The van der Waals surface area contributed by atoms with Crippen molar-refractivity contribution in [1.82, 2.24) is 0 Å². The molecule has 1 aromatic carbocycles. The van der Waals surface area contributed by atoms with Gasteiger partial charge in [0.05, 0.1) is 11.6 Å². The highest BCUT2D eigenvalue weighted by Crippen LogP contribution is 2.38. The molecule has 4 heteroatoms. The zero-order valence-electron chi connectivity index (χ0n) is 9.43. The van der Waals surface area contributed by atoms with E-state index in [2.05, 4.69) is 37.9 Å².